The van der Waals surface area contributed by atoms with E-state index in [0.29, 0.717) is 13.1 Å². The second kappa shape index (κ2) is 8.84. The third-order valence-electron chi connectivity index (χ3n) is 5.97. The van der Waals surface area contributed by atoms with Crippen molar-refractivity contribution in [3.05, 3.63) is 65.4 Å². The average molecular weight is 421 g/mol. The number of esters is 1. The Balaban J connectivity index is 1.32. The fraction of sp³-hybridized carbons (Fsp3) is 0.360. The maximum atomic E-state index is 12.8. The summed E-state index contributed by atoms with van der Waals surface area (Å²) in [4.78, 5) is 29.3. The first-order valence-corrected chi connectivity index (χ1v) is 10.7. The van der Waals surface area contributed by atoms with E-state index in [2.05, 4.69) is 17.0 Å². The Morgan fingerprint density at radius 1 is 1.03 bits per heavy atom. The molecule has 1 fully saturated rings. The highest BCUT2D eigenvalue weighted by Crippen LogP contribution is 2.25. The molecule has 3 aromatic rings. The highest BCUT2D eigenvalue weighted by Gasteiger charge is 2.27. The van der Waals surface area contributed by atoms with Gasteiger partial charge in [0, 0.05) is 42.8 Å². The van der Waals surface area contributed by atoms with E-state index in [1.165, 1.54) is 0 Å². The highest BCUT2D eigenvalue weighted by atomic mass is 16.5. The number of aryl methyl sites for hydroxylation is 2. The van der Waals surface area contributed by atoms with Crippen molar-refractivity contribution in [3.63, 3.8) is 0 Å². The van der Waals surface area contributed by atoms with Crippen LogP contribution in [0.15, 0.2) is 53.1 Å². The number of fused-ring (bicyclic) bond motifs is 1. The fourth-order valence-electron chi connectivity index (χ4n) is 4.00. The number of ether oxygens (including phenoxy) is 1. The largest absolute Gasteiger partial charge is 0.464 e. The number of nitrogens with zero attached hydrogens (tertiary/aromatic N) is 2. The van der Waals surface area contributed by atoms with E-state index in [-0.39, 0.29) is 12.3 Å². The quantitative estimate of drug-likeness (QED) is 0.587. The number of carbonyl (C=O) groups is 2. The third-order valence-corrected chi connectivity index (χ3v) is 5.97. The predicted octanol–water partition coefficient (Wildman–Crippen LogP) is 3.87. The van der Waals surface area contributed by atoms with Crippen molar-refractivity contribution < 1.29 is 18.7 Å². The van der Waals surface area contributed by atoms with Gasteiger partial charge in [-0.15, -0.1) is 0 Å². The third kappa shape index (κ3) is 4.58. The fourth-order valence-corrected chi connectivity index (χ4v) is 4.00. The minimum Gasteiger partial charge on any atom is -0.464 e. The number of piperazine rings is 1. The average Bonchev–Trinajstić information content (AvgIpc) is 3.15. The normalized spacial score (nSPS) is 15.2. The molecule has 0 aliphatic carbocycles. The van der Waals surface area contributed by atoms with Gasteiger partial charge in [-0.1, -0.05) is 18.2 Å². The SMILES string of the molecule is Cc1cc2occ(CC(=O)O[C@@H](C)C(=O)N3CCN(c4ccccc4)CC3)c2cc1C. The second-order valence-corrected chi connectivity index (χ2v) is 8.15. The van der Waals surface area contributed by atoms with Gasteiger partial charge >= 0.3 is 5.97 Å². The van der Waals surface area contributed by atoms with Crippen molar-refractivity contribution in [1.82, 2.24) is 4.90 Å². The Morgan fingerprint density at radius 2 is 1.71 bits per heavy atom. The zero-order chi connectivity index (χ0) is 22.0. The lowest BCUT2D eigenvalue weighted by Gasteiger charge is -2.37. The zero-order valence-corrected chi connectivity index (χ0v) is 18.3. The van der Waals surface area contributed by atoms with Crippen LogP contribution in [0.25, 0.3) is 11.0 Å². The van der Waals surface area contributed by atoms with Gasteiger partial charge < -0.3 is 19.0 Å². The predicted molar refractivity (Wildman–Crippen MR) is 120 cm³/mol. The van der Waals surface area contributed by atoms with Crippen LogP contribution in [0.5, 0.6) is 0 Å². The van der Waals surface area contributed by atoms with E-state index < -0.39 is 12.1 Å². The lowest BCUT2D eigenvalue weighted by Crippen LogP contribution is -2.51. The van der Waals surface area contributed by atoms with E-state index in [4.69, 9.17) is 9.15 Å². The molecule has 1 aliphatic rings. The number of hydrogen-bond donors (Lipinski definition) is 0. The Labute approximate surface area is 182 Å². The van der Waals surface area contributed by atoms with Gasteiger partial charge in [0.1, 0.15) is 5.58 Å². The van der Waals surface area contributed by atoms with Crippen molar-refractivity contribution >= 4 is 28.5 Å². The molecule has 6 nitrogen and oxygen atoms in total. The molecule has 0 saturated carbocycles. The lowest BCUT2D eigenvalue weighted by atomic mass is 10.0. The molecule has 2 heterocycles. The number of carbonyl (C=O) groups excluding carboxylic acids is 2. The number of rotatable bonds is 5. The van der Waals surface area contributed by atoms with E-state index in [9.17, 15) is 9.59 Å². The van der Waals surface area contributed by atoms with Crippen molar-refractivity contribution in [2.45, 2.75) is 33.3 Å². The zero-order valence-electron chi connectivity index (χ0n) is 18.3. The van der Waals surface area contributed by atoms with Gasteiger partial charge in [-0.2, -0.15) is 0 Å². The van der Waals surface area contributed by atoms with Crippen molar-refractivity contribution in [2.24, 2.45) is 0 Å². The topological polar surface area (TPSA) is 63.0 Å². The summed E-state index contributed by atoms with van der Waals surface area (Å²) in [5.41, 5.74) is 4.97. The van der Waals surface area contributed by atoms with Crippen LogP contribution in [0.1, 0.15) is 23.6 Å². The molecule has 0 spiro atoms. The van der Waals surface area contributed by atoms with Gasteiger partial charge in [0.05, 0.1) is 12.7 Å². The van der Waals surface area contributed by atoms with Crippen molar-refractivity contribution in [3.8, 4) is 0 Å². The van der Waals surface area contributed by atoms with Crippen LogP contribution in [0.2, 0.25) is 0 Å². The summed E-state index contributed by atoms with van der Waals surface area (Å²) >= 11 is 0. The molecule has 1 saturated heterocycles. The van der Waals surface area contributed by atoms with Crippen LogP contribution >= 0.6 is 0 Å². The summed E-state index contributed by atoms with van der Waals surface area (Å²) in [5, 5.41) is 0.913. The molecule has 1 aromatic heterocycles. The smallest absolute Gasteiger partial charge is 0.311 e. The first-order chi connectivity index (χ1) is 14.9. The Hall–Kier alpha value is -3.28. The number of anilines is 1. The first kappa shape index (κ1) is 21.0. The molecule has 6 heteroatoms. The monoisotopic (exact) mass is 420 g/mol. The second-order valence-electron chi connectivity index (χ2n) is 8.15. The molecular weight excluding hydrogens is 392 g/mol. The minimum absolute atomic E-state index is 0.0783. The maximum Gasteiger partial charge on any atom is 0.311 e. The molecule has 162 valence electrons. The van der Waals surface area contributed by atoms with Gasteiger partial charge in [-0.3, -0.25) is 9.59 Å². The standard InChI is InChI=1S/C25H28N2O4/c1-17-13-22-20(16-30-23(22)14-18(17)2)15-24(28)31-19(3)25(29)27-11-9-26(10-12-27)21-7-5-4-6-8-21/h4-8,13-14,16,19H,9-12,15H2,1-3H3/t19-/m0/s1. The summed E-state index contributed by atoms with van der Waals surface area (Å²) in [6, 6.07) is 14.2. The molecule has 4 rings (SSSR count). The van der Waals surface area contributed by atoms with Crippen molar-refractivity contribution in [1.29, 1.82) is 0 Å². The summed E-state index contributed by atoms with van der Waals surface area (Å²) in [6.45, 7) is 8.44. The van der Waals surface area contributed by atoms with Crippen molar-refractivity contribution in [2.75, 3.05) is 31.1 Å². The molecule has 0 N–H and O–H groups in total. The minimum atomic E-state index is -0.807. The van der Waals surface area contributed by atoms with E-state index in [1.807, 2.05) is 44.2 Å². The molecule has 1 amide bonds. The summed E-state index contributed by atoms with van der Waals surface area (Å²) < 4.78 is 11.1. The molecule has 1 aliphatic heterocycles. The van der Waals surface area contributed by atoms with Gasteiger partial charge in [0.15, 0.2) is 6.10 Å². The van der Waals surface area contributed by atoms with Crippen LogP contribution in [0.3, 0.4) is 0 Å². The summed E-state index contributed by atoms with van der Waals surface area (Å²) in [6.07, 6.45) is 0.868. The van der Waals surface area contributed by atoms with E-state index in [1.54, 1.807) is 18.1 Å². The number of para-hydroxylation sites is 1. The molecule has 0 unspecified atom stereocenters. The summed E-state index contributed by atoms with van der Waals surface area (Å²) in [5.74, 6) is -0.575. The van der Waals surface area contributed by atoms with Crippen LogP contribution in [-0.4, -0.2) is 49.1 Å². The maximum absolute atomic E-state index is 12.8. The van der Waals surface area contributed by atoms with Crippen LogP contribution in [-0.2, 0) is 20.7 Å². The molecule has 1 atom stereocenters. The molecular formula is C25H28N2O4. The molecule has 31 heavy (non-hydrogen) atoms. The van der Waals surface area contributed by atoms with Crippen LogP contribution < -0.4 is 4.90 Å². The molecule has 0 bridgehead atoms. The number of furan rings is 1. The van der Waals surface area contributed by atoms with Gasteiger partial charge in [0.25, 0.3) is 5.91 Å². The lowest BCUT2D eigenvalue weighted by molar-refractivity contribution is -0.158. The van der Waals surface area contributed by atoms with E-state index in [0.717, 1.165) is 46.4 Å². The van der Waals surface area contributed by atoms with Crippen LogP contribution in [0.4, 0.5) is 5.69 Å². The highest BCUT2D eigenvalue weighted by molar-refractivity contribution is 5.88. The molecule has 0 radical (unpaired) electrons. The van der Waals surface area contributed by atoms with Gasteiger partial charge in [-0.05, 0) is 56.2 Å². The van der Waals surface area contributed by atoms with Gasteiger partial charge in [0.2, 0.25) is 0 Å². The number of amides is 1. The van der Waals surface area contributed by atoms with Crippen LogP contribution in [0, 0.1) is 13.8 Å². The Kier molecular flexibility index (Phi) is 5.98. The summed E-state index contributed by atoms with van der Waals surface area (Å²) in [7, 11) is 0. The molecule has 2 aromatic carbocycles. The first-order valence-electron chi connectivity index (χ1n) is 10.7. The Morgan fingerprint density at radius 3 is 2.42 bits per heavy atom. The number of benzene rings is 2. The number of hydrogen-bond acceptors (Lipinski definition) is 5. The van der Waals surface area contributed by atoms with Gasteiger partial charge in [-0.25, -0.2) is 0 Å². The Bertz CT molecular complexity index is 1080. The van der Waals surface area contributed by atoms with E-state index >= 15 is 0 Å².